The number of hydrogen-bond acceptors (Lipinski definition) is 0. The standard InChI is InChI=1S/C13H22NP/c1-2-4-6-8-12(9-7-5-3-1)13-14-10-11-15-13/h10-12,14H,1-9H2. The first-order chi connectivity index (χ1) is 7.47. The Balaban J connectivity index is 1.90. The van der Waals surface area contributed by atoms with Crippen molar-refractivity contribution >= 4 is 8.19 Å². The fraction of sp³-hybridized carbons (Fsp3) is 0.769. The molecule has 1 aromatic heterocycles. The van der Waals surface area contributed by atoms with Crippen molar-refractivity contribution in [2.45, 2.75) is 63.7 Å². The summed E-state index contributed by atoms with van der Waals surface area (Å²) in [4.78, 5) is 3.43. The molecule has 0 amide bonds. The van der Waals surface area contributed by atoms with Gasteiger partial charge in [-0.2, -0.15) is 0 Å². The summed E-state index contributed by atoms with van der Waals surface area (Å²) in [6.45, 7) is 0. The predicted octanol–water partition coefficient (Wildman–Crippen LogP) is 5.20. The van der Waals surface area contributed by atoms with E-state index in [-0.39, 0.29) is 0 Å². The van der Waals surface area contributed by atoms with Crippen LogP contribution in [0.2, 0.25) is 0 Å². The largest absolute Gasteiger partial charge is 0.361 e. The third-order valence-corrected chi connectivity index (χ3v) is 4.58. The number of rotatable bonds is 1. The smallest absolute Gasteiger partial charge is 0.0455 e. The van der Waals surface area contributed by atoms with Gasteiger partial charge in [0.15, 0.2) is 0 Å². The third kappa shape index (κ3) is 3.65. The van der Waals surface area contributed by atoms with Crippen LogP contribution in [0, 0.1) is 0 Å². The van der Waals surface area contributed by atoms with E-state index in [4.69, 9.17) is 0 Å². The van der Waals surface area contributed by atoms with Gasteiger partial charge in [0, 0.05) is 17.5 Å². The van der Waals surface area contributed by atoms with Crippen molar-refractivity contribution in [3.8, 4) is 0 Å². The fourth-order valence-corrected chi connectivity index (χ4v) is 3.51. The highest BCUT2D eigenvalue weighted by atomic mass is 31.0. The van der Waals surface area contributed by atoms with E-state index >= 15 is 0 Å². The summed E-state index contributed by atoms with van der Waals surface area (Å²) < 4.78 is 0. The van der Waals surface area contributed by atoms with Crippen LogP contribution < -0.4 is 0 Å². The van der Waals surface area contributed by atoms with Crippen LogP contribution in [0.4, 0.5) is 0 Å². The molecule has 0 saturated heterocycles. The quantitative estimate of drug-likeness (QED) is 0.673. The Hall–Kier alpha value is -0.290. The first kappa shape index (κ1) is 11.2. The predicted molar refractivity (Wildman–Crippen MR) is 67.6 cm³/mol. The van der Waals surface area contributed by atoms with Crippen molar-refractivity contribution in [3.63, 3.8) is 0 Å². The molecule has 0 aromatic carbocycles. The Morgan fingerprint density at radius 1 is 0.933 bits per heavy atom. The molecule has 1 aromatic rings. The SMILES string of the molecule is c1cpc(C2CCCCCCCCC2)[nH]1. The molecule has 0 atom stereocenters. The molecule has 0 bridgehead atoms. The average Bonchev–Trinajstić information content (AvgIpc) is 2.79. The average molecular weight is 223 g/mol. The molecule has 1 aliphatic carbocycles. The molecule has 2 heteroatoms. The zero-order chi connectivity index (χ0) is 10.3. The maximum atomic E-state index is 3.43. The van der Waals surface area contributed by atoms with Gasteiger partial charge in [-0.1, -0.05) is 53.1 Å². The topological polar surface area (TPSA) is 15.8 Å². The number of hydrogen-bond donors (Lipinski definition) is 1. The van der Waals surface area contributed by atoms with Gasteiger partial charge in [0.2, 0.25) is 0 Å². The Bertz CT molecular complexity index is 246. The minimum Gasteiger partial charge on any atom is -0.361 e. The van der Waals surface area contributed by atoms with E-state index in [0.717, 1.165) is 5.92 Å². The molecule has 1 saturated carbocycles. The first-order valence-electron chi connectivity index (χ1n) is 6.46. The van der Waals surface area contributed by atoms with E-state index in [1.54, 1.807) is 5.43 Å². The van der Waals surface area contributed by atoms with Gasteiger partial charge in [-0.25, -0.2) is 0 Å². The third-order valence-electron chi connectivity index (χ3n) is 3.51. The van der Waals surface area contributed by atoms with E-state index in [1.807, 2.05) is 0 Å². The van der Waals surface area contributed by atoms with E-state index in [9.17, 15) is 0 Å². The number of H-pyrrole nitrogens is 1. The lowest BCUT2D eigenvalue weighted by Crippen LogP contribution is -2.00. The molecule has 1 nitrogen and oxygen atoms in total. The van der Waals surface area contributed by atoms with Crippen LogP contribution in [0.3, 0.4) is 0 Å². The molecule has 2 rings (SSSR count). The number of aromatic amines is 1. The van der Waals surface area contributed by atoms with Gasteiger partial charge >= 0.3 is 0 Å². The van der Waals surface area contributed by atoms with E-state index in [1.165, 1.54) is 66.0 Å². The summed E-state index contributed by atoms with van der Waals surface area (Å²) >= 11 is 0. The monoisotopic (exact) mass is 223 g/mol. The van der Waals surface area contributed by atoms with Gasteiger partial charge in [-0.3, -0.25) is 0 Å². The number of nitrogens with one attached hydrogen (secondary N) is 1. The Labute approximate surface area is 94.8 Å². The highest BCUT2D eigenvalue weighted by Gasteiger charge is 2.13. The molecule has 1 N–H and O–H groups in total. The van der Waals surface area contributed by atoms with Gasteiger partial charge in [0.1, 0.15) is 0 Å². The first-order valence-corrected chi connectivity index (χ1v) is 7.42. The second-order valence-electron chi connectivity index (χ2n) is 4.72. The molecule has 1 aliphatic rings. The lowest BCUT2D eigenvalue weighted by atomic mass is 9.93. The Morgan fingerprint density at radius 3 is 2.07 bits per heavy atom. The summed E-state index contributed by atoms with van der Waals surface area (Å²) in [5.74, 6) is 3.08. The van der Waals surface area contributed by atoms with Crippen molar-refractivity contribution in [1.29, 1.82) is 0 Å². The van der Waals surface area contributed by atoms with Crippen molar-refractivity contribution in [2.24, 2.45) is 0 Å². The fourth-order valence-electron chi connectivity index (χ4n) is 2.58. The molecule has 0 aliphatic heterocycles. The molecule has 1 heterocycles. The molecule has 0 unspecified atom stereocenters. The van der Waals surface area contributed by atoms with Crippen LogP contribution in [-0.4, -0.2) is 4.98 Å². The second kappa shape index (κ2) is 6.33. The van der Waals surface area contributed by atoms with E-state index < -0.39 is 0 Å². The van der Waals surface area contributed by atoms with Gasteiger partial charge < -0.3 is 4.98 Å². The summed E-state index contributed by atoms with van der Waals surface area (Å²) in [5.41, 5.74) is 1.57. The number of aromatic nitrogens is 1. The summed E-state index contributed by atoms with van der Waals surface area (Å²) in [7, 11) is 1.42. The Kier molecular flexibility index (Phi) is 4.73. The van der Waals surface area contributed by atoms with E-state index in [0.29, 0.717) is 0 Å². The lowest BCUT2D eigenvalue weighted by molar-refractivity contribution is 0.462. The second-order valence-corrected chi connectivity index (χ2v) is 5.76. The maximum Gasteiger partial charge on any atom is 0.0455 e. The Morgan fingerprint density at radius 2 is 1.53 bits per heavy atom. The minimum atomic E-state index is 0.847. The highest BCUT2D eigenvalue weighted by molar-refractivity contribution is 7.30. The molecular weight excluding hydrogens is 201 g/mol. The maximum absolute atomic E-state index is 3.43. The molecule has 0 radical (unpaired) electrons. The summed E-state index contributed by atoms with van der Waals surface area (Å²) in [6, 6.07) is 0. The van der Waals surface area contributed by atoms with Crippen molar-refractivity contribution in [2.75, 3.05) is 0 Å². The minimum absolute atomic E-state index is 0.847. The van der Waals surface area contributed by atoms with Gasteiger partial charge in [0.05, 0.1) is 0 Å². The normalized spacial score (nSPS) is 21.9. The van der Waals surface area contributed by atoms with Crippen LogP contribution in [0.5, 0.6) is 0 Å². The van der Waals surface area contributed by atoms with Gasteiger partial charge in [0.25, 0.3) is 0 Å². The van der Waals surface area contributed by atoms with Crippen molar-refractivity contribution in [3.05, 3.63) is 17.4 Å². The van der Waals surface area contributed by atoms with Crippen LogP contribution in [0.1, 0.15) is 69.1 Å². The van der Waals surface area contributed by atoms with Crippen molar-refractivity contribution < 1.29 is 0 Å². The van der Waals surface area contributed by atoms with Crippen molar-refractivity contribution in [1.82, 2.24) is 4.98 Å². The molecular formula is C13H22NP. The highest BCUT2D eigenvalue weighted by Crippen LogP contribution is 2.32. The molecule has 84 valence electrons. The summed E-state index contributed by atoms with van der Waals surface area (Å²) in [6.07, 6.45) is 15.1. The van der Waals surface area contributed by atoms with Crippen LogP contribution in [0.25, 0.3) is 0 Å². The lowest BCUT2D eigenvalue weighted by Gasteiger charge is -2.16. The molecule has 0 spiro atoms. The van der Waals surface area contributed by atoms with E-state index in [2.05, 4.69) is 17.0 Å². The molecule has 15 heavy (non-hydrogen) atoms. The van der Waals surface area contributed by atoms with Crippen LogP contribution in [0.15, 0.2) is 12.0 Å². The van der Waals surface area contributed by atoms with Crippen LogP contribution >= 0.6 is 8.19 Å². The van der Waals surface area contributed by atoms with Gasteiger partial charge in [-0.15, -0.1) is 0 Å². The zero-order valence-electron chi connectivity index (χ0n) is 9.54. The zero-order valence-corrected chi connectivity index (χ0v) is 10.4. The van der Waals surface area contributed by atoms with Crippen LogP contribution in [-0.2, 0) is 0 Å². The summed E-state index contributed by atoms with van der Waals surface area (Å²) in [5, 5.41) is 0. The molecule has 1 fully saturated rings. The van der Waals surface area contributed by atoms with Gasteiger partial charge in [-0.05, 0) is 18.6 Å².